The maximum atomic E-state index is 4.53. The first-order chi connectivity index (χ1) is 11.0. The van der Waals surface area contributed by atoms with Crippen LogP contribution in [-0.2, 0) is 0 Å². The number of hydrogen-bond acceptors (Lipinski definition) is 2. The largest absolute Gasteiger partial charge is 0.312 e. The number of allylic oxidation sites excluding steroid dienone is 2. The molecule has 1 aliphatic carbocycles. The first-order valence-electron chi connectivity index (χ1n) is 9.83. The second-order valence-corrected chi connectivity index (χ2v) is 7.09. The summed E-state index contributed by atoms with van der Waals surface area (Å²) in [4.78, 5) is 4.53. The van der Waals surface area contributed by atoms with Crippen LogP contribution in [0.2, 0.25) is 0 Å². The Morgan fingerprint density at radius 1 is 0.727 bits per heavy atom. The highest BCUT2D eigenvalue weighted by Crippen LogP contribution is 2.25. The van der Waals surface area contributed by atoms with Crippen molar-refractivity contribution in [3.05, 3.63) is 12.2 Å². The average molecular weight is 305 g/mol. The monoisotopic (exact) mass is 304 g/mol. The molecule has 0 spiro atoms. The maximum Gasteiger partial charge on any atom is 0.0510 e. The van der Waals surface area contributed by atoms with Crippen molar-refractivity contribution in [3.8, 4) is 0 Å². The van der Waals surface area contributed by atoms with Crippen LogP contribution in [0.1, 0.15) is 83.5 Å². The lowest BCUT2D eigenvalue weighted by Crippen LogP contribution is -2.38. The average Bonchev–Trinajstić information content (AvgIpc) is 2.64. The van der Waals surface area contributed by atoms with Crippen LogP contribution in [0.3, 0.4) is 0 Å². The van der Waals surface area contributed by atoms with E-state index in [-0.39, 0.29) is 0 Å². The van der Waals surface area contributed by atoms with E-state index in [0.717, 1.165) is 25.0 Å². The fourth-order valence-corrected chi connectivity index (χ4v) is 3.90. The minimum absolute atomic E-state index is 0.734. The molecule has 0 aromatic rings. The summed E-state index contributed by atoms with van der Waals surface area (Å²) in [6.45, 7) is 2.03. The summed E-state index contributed by atoms with van der Waals surface area (Å²) in [6.07, 6.45) is 24.6. The summed E-state index contributed by atoms with van der Waals surface area (Å²) >= 11 is 0. The van der Waals surface area contributed by atoms with E-state index in [4.69, 9.17) is 0 Å². The van der Waals surface area contributed by atoms with Gasteiger partial charge in [0.05, 0.1) is 6.54 Å². The number of aliphatic imine (C=N–C) groups is 1. The third-order valence-electron chi connectivity index (χ3n) is 5.25. The number of rotatable bonds is 1. The molecule has 2 rings (SSSR count). The van der Waals surface area contributed by atoms with Crippen molar-refractivity contribution < 1.29 is 0 Å². The molecule has 0 aromatic carbocycles. The molecule has 1 heterocycles. The third kappa shape index (κ3) is 7.58. The van der Waals surface area contributed by atoms with Gasteiger partial charge in [-0.1, -0.05) is 37.8 Å². The Morgan fingerprint density at radius 2 is 1.45 bits per heavy atom. The minimum Gasteiger partial charge on any atom is -0.312 e. The molecule has 0 amide bonds. The molecule has 2 nitrogen and oxygen atoms in total. The van der Waals surface area contributed by atoms with Crippen molar-refractivity contribution in [3.63, 3.8) is 0 Å². The molecule has 0 fully saturated rings. The zero-order valence-electron chi connectivity index (χ0n) is 14.4. The Morgan fingerprint density at radius 3 is 2.36 bits per heavy atom. The lowest BCUT2D eigenvalue weighted by atomic mass is 9.86. The Bertz CT molecular complexity index is 290. The molecule has 126 valence electrons. The van der Waals surface area contributed by atoms with Crippen molar-refractivity contribution in [2.24, 2.45) is 10.9 Å². The van der Waals surface area contributed by atoms with Gasteiger partial charge in [-0.3, -0.25) is 4.99 Å². The fourth-order valence-electron chi connectivity index (χ4n) is 3.90. The van der Waals surface area contributed by atoms with E-state index < -0.39 is 0 Å². The lowest BCUT2D eigenvalue weighted by Gasteiger charge is -2.28. The summed E-state index contributed by atoms with van der Waals surface area (Å²) in [7, 11) is 0. The van der Waals surface area contributed by atoms with E-state index >= 15 is 0 Å². The fraction of sp³-hybridized carbons (Fsp3) is 0.850. The van der Waals surface area contributed by atoms with Gasteiger partial charge >= 0.3 is 0 Å². The highest BCUT2D eigenvalue weighted by atomic mass is 14.9. The molecule has 0 bridgehead atoms. The molecule has 1 N–H and O–H groups in total. The molecule has 22 heavy (non-hydrogen) atoms. The van der Waals surface area contributed by atoms with Crippen molar-refractivity contribution in [2.45, 2.75) is 89.5 Å². The van der Waals surface area contributed by atoms with E-state index in [1.165, 1.54) is 83.5 Å². The molecule has 2 atom stereocenters. The van der Waals surface area contributed by atoms with Gasteiger partial charge in [-0.25, -0.2) is 0 Å². The topological polar surface area (TPSA) is 24.4 Å². The van der Waals surface area contributed by atoms with Gasteiger partial charge in [-0.15, -0.1) is 0 Å². The van der Waals surface area contributed by atoms with Gasteiger partial charge < -0.3 is 5.32 Å². The van der Waals surface area contributed by atoms with Gasteiger partial charge in [-0.05, 0) is 69.9 Å². The minimum atomic E-state index is 0.734. The predicted molar refractivity (Wildman–Crippen MR) is 97.8 cm³/mol. The van der Waals surface area contributed by atoms with Crippen LogP contribution in [0.5, 0.6) is 0 Å². The second kappa shape index (κ2) is 11.9. The van der Waals surface area contributed by atoms with E-state index in [9.17, 15) is 0 Å². The van der Waals surface area contributed by atoms with Crippen molar-refractivity contribution in [2.75, 3.05) is 13.1 Å². The number of nitrogens with one attached hydrogen (secondary N) is 1. The van der Waals surface area contributed by atoms with Crippen LogP contribution in [0.25, 0.3) is 0 Å². The van der Waals surface area contributed by atoms with Gasteiger partial charge in [0.25, 0.3) is 0 Å². The Labute approximate surface area is 137 Å². The van der Waals surface area contributed by atoms with Gasteiger partial charge in [0.1, 0.15) is 0 Å². The smallest absolute Gasteiger partial charge is 0.0510 e. The molecule has 0 aromatic heterocycles. The Kier molecular flexibility index (Phi) is 9.56. The summed E-state index contributed by atoms with van der Waals surface area (Å²) in [6, 6.07) is 0.734. The number of hydrogen-bond donors (Lipinski definition) is 1. The van der Waals surface area contributed by atoms with E-state index in [1.54, 1.807) is 0 Å². The quantitative estimate of drug-likeness (QED) is 0.654. The van der Waals surface area contributed by atoms with Crippen LogP contribution < -0.4 is 5.32 Å². The van der Waals surface area contributed by atoms with Crippen molar-refractivity contribution >= 4 is 6.21 Å². The Hall–Kier alpha value is -0.630. The van der Waals surface area contributed by atoms with Crippen LogP contribution in [0.15, 0.2) is 17.1 Å². The molecule has 1 aliphatic heterocycles. The lowest BCUT2D eigenvalue weighted by molar-refractivity contribution is 0.285. The molecule has 0 radical (unpaired) electrons. The second-order valence-electron chi connectivity index (χ2n) is 7.09. The highest BCUT2D eigenvalue weighted by molar-refractivity contribution is 5.56. The summed E-state index contributed by atoms with van der Waals surface area (Å²) in [5.74, 6) is 0.885. The van der Waals surface area contributed by atoms with Crippen LogP contribution >= 0.6 is 0 Å². The molecule has 0 saturated carbocycles. The van der Waals surface area contributed by atoms with E-state index in [2.05, 4.69) is 28.7 Å². The molecular weight excluding hydrogens is 268 g/mol. The Balaban J connectivity index is 1.87. The highest BCUT2D eigenvalue weighted by Gasteiger charge is 2.20. The summed E-state index contributed by atoms with van der Waals surface area (Å²) in [5.41, 5.74) is 0. The van der Waals surface area contributed by atoms with E-state index in [1.807, 2.05) is 0 Å². The SMILES string of the molecule is C1=CCCCC(C2CCCCCC=NCCN2)CCCCC1. The predicted octanol–water partition coefficient (Wildman–Crippen LogP) is 5.29. The van der Waals surface area contributed by atoms with E-state index in [0.29, 0.717) is 0 Å². The normalized spacial score (nSPS) is 30.2. The summed E-state index contributed by atoms with van der Waals surface area (Å²) in [5, 5.41) is 3.85. The van der Waals surface area contributed by atoms with Crippen molar-refractivity contribution in [1.29, 1.82) is 0 Å². The molecule has 0 saturated heterocycles. The molecule has 2 unspecified atom stereocenters. The zero-order valence-corrected chi connectivity index (χ0v) is 14.4. The molecular formula is C20H36N2. The van der Waals surface area contributed by atoms with Crippen LogP contribution in [0, 0.1) is 5.92 Å². The van der Waals surface area contributed by atoms with Gasteiger partial charge in [-0.2, -0.15) is 0 Å². The van der Waals surface area contributed by atoms with Crippen molar-refractivity contribution in [1.82, 2.24) is 5.32 Å². The first kappa shape index (κ1) is 17.7. The zero-order chi connectivity index (χ0) is 15.3. The van der Waals surface area contributed by atoms with Gasteiger partial charge in [0.15, 0.2) is 0 Å². The first-order valence-corrected chi connectivity index (χ1v) is 9.83. The standard InChI is InChI=1S/C20H36N2/c1-2-4-6-10-14-19(13-9-5-3-1)20-15-11-7-8-12-16-21-17-18-22-20/h1,3,16,19-20,22H,2,4-15,17-18H2. The van der Waals surface area contributed by atoms with Gasteiger partial charge in [0, 0.05) is 12.6 Å². The third-order valence-corrected chi connectivity index (χ3v) is 5.25. The van der Waals surface area contributed by atoms with Crippen LogP contribution in [-0.4, -0.2) is 25.3 Å². The van der Waals surface area contributed by atoms with Crippen LogP contribution in [0.4, 0.5) is 0 Å². The van der Waals surface area contributed by atoms with Gasteiger partial charge in [0.2, 0.25) is 0 Å². The molecule has 2 heteroatoms. The maximum absolute atomic E-state index is 4.53. The summed E-state index contributed by atoms with van der Waals surface area (Å²) < 4.78 is 0. The number of nitrogens with zero attached hydrogens (tertiary/aromatic N) is 1. The molecule has 2 aliphatic rings.